The van der Waals surface area contributed by atoms with Gasteiger partial charge in [0.25, 0.3) is 5.91 Å². The van der Waals surface area contributed by atoms with Gasteiger partial charge >= 0.3 is 12.1 Å². The van der Waals surface area contributed by atoms with Gasteiger partial charge in [-0.3, -0.25) is 9.69 Å². The van der Waals surface area contributed by atoms with E-state index in [0.29, 0.717) is 11.3 Å². The van der Waals surface area contributed by atoms with Crippen LogP contribution in [0.25, 0.3) is 0 Å². The van der Waals surface area contributed by atoms with Gasteiger partial charge in [0.1, 0.15) is 23.3 Å². The molecule has 0 aliphatic carbocycles. The number of amides is 2. The molecule has 0 aromatic rings. The third kappa shape index (κ3) is 5.66. The molecule has 2 aliphatic rings. The molecule has 2 amide bonds. The van der Waals surface area contributed by atoms with Crippen LogP contribution in [0.2, 0.25) is 0 Å². The zero-order valence-electron chi connectivity index (χ0n) is 15.0. The number of alkyl halides is 3. The number of halogens is 3. The molecule has 0 aromatic carbocycles. The van der Waals surface area contributed by atoms with Gasteiger partial charge in [0.15, 0.2) is 5.71 Å². The molecule has 1 fully saturated rings. The second-order valence-electron chi connectivity index (χ2n) is 6.77. The molecule has 8 nitrogen and oxygen atoms in total. The summed E-state index contributed by atoms with van der Waals surface area (Å²) in [6.07, 6.45) is -0.781. The number of hydrazone groups is 1. The molecule has 0 aromatic heterocycles. The number of rotatable bonds is 3. The van der Waals surface area contributed by atoms with E-state index in [4.69, 9.17) is 44.3 Å². The summed E-state index contributed by atoms with van der Waals surface area (Å²) in [6.45, 7) is 6.37. The highest BCUT2D eigenvalue weighted by molar-refractivity contribution is 8.01. The number of hydrogen-bond donors (Lipinski definition) is 1. The zero-order chi connectivity index (χ0) is 20.6. The molecule has 2 heterocycles. The maximum Gasteiger partial charge on any atom is 0.428 e. The van der Waals surface area contributed by atoms with Gasteiger partial charge in [-0.15, -0.1) is 11.8 Å². The van der Waals surface area contributed by atoms with Crippen molar-refractivity contribution in [3.63, 3.8) is 0 Å². The highest BCUT2D eigenvalue weighted by Crippen LogP contribution is 2.39. The highest BCUT2D eigenvalue weighted by Gasteiger charge is 2.51. The second kappa shape index (κ2) is 8.06. The molecule has 0 bridgehead atoms. The number of nitrogens with one attached hydrogen (secondary N) is 1. The predicted octanol–water partition coefficient (Wildman–Crippen LogP) is 2.97. The Hall–Kier alpha value is -1.16. The molecule has 2 rings (SSSR count). The maximum absolute atomic E-state index is 12.4. The number of β-lactam (4-membered cyclic amide) rings is 1. The Morgan fingerprint density at radius 2 is 1.96 bits per heavy atom. The predicted molar refractivity (Wildman–Crippen MR) is 104 cm³/mol. The van der Waals surface area contributed by atoms with Gasteiger partial charge in [0.2, 0.25) is 3.79 Å². The molecule has 1 N–H and O–H groups in total. The van der Waals surface area contributed by atoms with E-state index in [0.717, 1.165) is 0 Å². The van der Waals surface area contributed by atoms with Crippen molar-refractivity contribution in [3.05, 3.63) is 11.3 Å². The SMILES string of the molecule is CC1=C(C(=O)OCC(Cl)(Cl)Cl)N2C(=O)/C(=N\NC(=O)OC(C)(C)C)[C@H]2SC1. The first-order chi connectivity index (χ1) is 12.3. The van der Waals surface area contributed by atoms with Crippen molar-refractivity contribution < 1.29 is 23.9 Å². The zero-order valence-corrected chi connectivity index (χ0v) is 18.1. The summed E-state index contributed by atoms with van der Waals surface area (Å²) < 4.78 is 8.28. The normalized spacial score (nSPS) is 21.6. The van der Waals surface area contributed by atoms with E-state index >= 15 is 0 Å². The first-order valence-electron chi connectivity index (χ1n) is 7.75. The lowest BCUT2D eigenvalue weighted by Crippen LogP contribution is -2.62. The van der Waals surface area contributed by atoms with Gasteiger partial charge in [-0.05, 0) is 33.3 Å². The summed E-state index contributed by atoms with van der Waals surface area (Å²) in [7, 11) is 0. The quantitative estimate of drug-likeness (QED) is 0.302. The van der Waals surface area contributed by atoms with Crippen LogP contribution in [0, 0.1) is 0 Å². The number of carbonyl (C=O) groups excluding carboxylic acids is 3. The Morgan fingerprint density at radius 3 is 2.52 bits per heavy atom. The topological polar surface area (TPSA) is 97.3 Å². The van der Waals surface area contributed by atoms with E-state index in [1.165, 1.54) is 16.7 Å². The van der Waals surface area contributed by atoms with Crippen LogP contribution >= 0.6 is 46.6 Å². The smallest absolute Gasteiger partial charge is 0.428 e. The molecule has 0 radical (unpaired) electrons. The Kier molecular flexibility index (Phi) is 6.61. The molecule has 1 atom stereocenters. The van der Waals surface area contributed by atoms with E-state index in [9.17, 15) is 14.4 Å². The maximum atomic E-state index is 12.4. The van der Waals surface area contributed by atoms with Gasteiger partial charge in [0, 0.05) is 5.75 Å². The van der Waals surface area contributed by atoms with Crippen LogP contribution in [-0.2, 0) is 19.1 Å². The molecule has 150 valence electrons. The monoisotopic (exact) mass is 457 g/mol. The van der Waals surface area contributed by atoms with E-state index in [1.807, 2.05) is 0 Å². The molecule has 12 heteroatoms. The van der Waals surface area contributed by atoms with Crippen LogP contribution in [0.1, 0.15) is 27.7 Å². The van der Waals surface area contributed by atoms with Crippen LogP contribution in [0.5, 0.6) is 0 Å². The fourth-order valence-electron chi connectivity index (χ4n) is 2.24. The second-order valence-corrected chi connectivity index (χ2v) is 10.4. The lowest BCUT2D eigenvalue weighted by Gasteiger charge is -2.44. The van der Waals surface area contributed by atoms with Gasteiger partial charge in [0.05, 0.1) is 0 Å². The molecule has 0 spiro atoms. The third-order valence-electron chi connectivity index (χ3n) is 3.24. The third-order valence-corrected chi connectivity index (χ3v) is 4.91. The summed E-state index contributed by atoms with van der Waals surface area (Å²) >= 11 is 18.1. The van der Waals surface area contributed by atoms with Crippen molar-refractivity contribution in [2.24, 2.45) is 5.10 Å². The summed E-state index contributed by atoms with van der Waals surface area (Å²) in [5.74, 6) is -0.821. The molecule has 27 heavy (non-hydrogen) atoms. The lowest BCUT2D eigenvalue weighted by atomic mass is 10.1. The molecular weight excluding hydrogens is 441 g/mol. The van der Waals surface area contributed by atoms with E-state index in [-0.39, 0.29) is 11.4 Å². The number of nitrogens with zero attached hydrogens (tertiary/aromatic N) is 2. The highest BCUT2D eigenvalue weighted by atomic mass is 35.6. The van der Waals surface area contributed by atoms with Gasteiger partial charge in [-0.1, -0.05) is 34.8 Å². The Bertz CT molecular complexity index is 727. The summed E-state index contributed by atoms with van der Waals surface area (Å²) in [6, 6.07) is 0. The number of ether oxygens (including phenoxy) is 2. The van der Waals surface area contributed by atoms with Crippen LogP contribution in [-0.4, -0.2) is 55.7 Å². The summed E-state index contributed by atoms with van der Waals surface area (Å²) in [5.41, 5.74) is 2.34. The largest absolute Gasteiger partial charge is 0.456 e. The van der Waals surface area contributed by atoms with Crippen molar-refractivity contribution in [3.8, 4) is 0 Å². The van der Waals surface area contributed by atoms with Crippen molar-refractivity contribution in [1.82, 2.24) is 10.3 Å². The minimum atomic E-state index is -1.75. The van der Waals surface area contributed by atoms with Crippen LogP contribution < -0.4 is 5.43 Å². The van der Waals surface area contributed by atoms with Crippen molar-refractivity contribution in [2.45, 2.75) is 42.5 Å². The Balaban J connectivity index is 2.08. The van der Waals surface area contributed by atoms with Gasteiger partial charge in [-0.2, -0.15) is 5.10 Å². The molecular formula is C15H18Cl3N3O5S. The molecule has 2 aliphatic heterocycles. The number of hydrogen-bond acceptors (Lipinski definition) is 7. The standard InChI is InChI=1S/C15H18Cl3N3O5S/c1-7-5-27-11-8(19-20-13(24)26-14(2,3)4)10(22)21(11)9(7)12(23)25-6-15(16,17)18/h11H,5-6H2,1-4H3,(H,20,24)/b19-8+/t11-/m1/s1. The first-order valence-corrected chi connectivity index (χ1v) is 9.94. The van der Waals surface area contributed by atoms with Crippen LogP contribution in [0.3, 0.4) is 0 Å². The number of thioether (sulfide) groups is 1. The van der Waals surface area contributed by atoms with E-state index in [2.05, 4.69) is 10.5 Å². The van der Waals surface area contributed by atoms with Crippen molar-refractivity contribution in [1.29, 1.82) is 0 Å². The van der Waals surface area contributed by atoms with Crippen LogP contribution in [0.4, 0.5) is 4.79 Å². The summed E-state index contributed by atoms with van der Waals surface area (Å²) in [5, 5.41) is 3.30. The molecule has 0 saturated carbocycles. The summed E-state index contributed by atoms with van der Waals surface area (Å²) in [4.78, 5) is 37.7. The minimum Gasteiger partial charge on any atom is -0.456 e. The lowest BCUT2D eigenvalue weighted by molar-refractivity contribution is -0.144. The number of carbonyl (C=O) groups is 3. The van der Waals surface area contributed by atoms with Gasteiger partial charge in [-0.25, -0.2) is 15.0 Å². The van der Waals surface area contributed by atoms with Crippen LogP contribution in [0.15, 0.2) is 16.4 Å². The van der Waals surface area contributed by atoms with Gasteiger partial charge < -0.3 is 9.47 Å². The van der Waals surface area contributed by atoms with E-state index in [1.54, 1.807) is 27.7 Å². The fourth-order valence-corrected chi connectivity index (χ4v) is 3.61. The van der Waals surface area contributed by atoms with E-state index < -0.39 is 39.3 Å². The average Bonchev–Trinajstić information content (AvgIpc) is 2.50. The average molecular weight is 459 g/mol. The Morgan fingerprint density at radius 1 is 1.33 bits per heavy atom. The number of esters is 1. The van der Waals surface area contributed by atoms with Crippen molar-refractivity contribution >= 4 is 70.2 Å². The fraction of sp³-hybridized carbons (Fsp3) is 0.600. The molecule has 1 saturated heterocycles. The molecule has 0 unspecified atom stereocenters. The number of fused-ring (bicyclic) bond motifs is 1. The first kappa shape index (κ1) is 22.1. The Labute approximate surface area is 175 Å². The minimum absolute atomic E-state index is 0.0919. The van der Waals surface area contributed by atoms with Crippen molar-refractivity contribution in [2.75, 3.05) is 12.4 Å².